The number of carbonyl (C=O) groups is 1. The van der Waals surface area contributed by atoms with Crippen LogP contribution in [0.5, 0.6) is 0 Å². The summed E-state index contributed by atoms with van der Waals surface area (Å²) in [6.07, 6.45) is 22.0. The normalized spacial score (nSPS) is 25.8. The highest BCUT2D eigenvalue weighted by atomic mass is 16.1. The Labute approximate surface area is 204 Å². The third-order valence-corrected chi connectivity index (χ3v) is 8.36. The molecule has 2 aliphatic carbocycles. The van der Waals surface area contributed by atoms with Crippen molar-refractivity contribution in [2.45, 2.75) is 124 Å². The summed E-state index contributed by atoms with van der Waals surface area (Å²) in [6.45, 7) is 8.06. The minimum absolute atomic E-state index is 0.345. The molecule has 0 saturated heterocycles. The molecule has 0 bridgehead atoms. The fourth-order valence-corrected chi connectivity index (χ4v) is 5.94. The second-order valence-electron chi connectivity index (χ2n) is 10.7. The maximum absolute atomic E-state index is 10.1. The lowest BCUT2D eigenvalue weighted by molar-refractivity contribution is -0.114. The second-order valence-corrected chi connectivity index (χ2v) is 10.7. The van der Waals surface area contributed by atoms with Crippen molar-refractivity contribution < 1.29 is 4.79 Å². The van der Waals surface area contributed by atoms with Gasteiger partial charge in [-0.25, -0.2) is 0 Å². The van der Waals surface area contributed by atoms with Gasteiger partial charge in [-0.3, -0.25) is 4.79 Å². The van der Waals surface area contributed by atoms with Crippen LogP contribution in [0.3, 0.4) is 0 Å². The third-order valence-electron chi connectivity index (χ3n) is 8.36. The molecule has 0 heterocycles. The molecule has 1 aromatic carbocycles. The molecule has 1 aromatic rings. The Kier molecular flexibility index (Phi) is 12.9. The number of rotatable bonds is 9. The lowest BCUT2D eigenvalue weighted by Gasteiger charge is -2.38. The maximum Gasteiger partial charge on any atom is 0.243 e. The number of benzene rings is 1. The van der Waals surface area contributed by atoms with E-state index in [9.17, 15) is 4.79 Å². The Hall–Kier alpha value is -1.57. The largest absolute Gasteiger partial charge is 0.366 e. The van der Waals surface area contributed by atoms with Crippen LogP contribution in [0.2, 0.25) is 0 Å². The fraction of sp³-hybridized carbons (Fsp3) is 0.710. The molecule has 3 rings (SSSR count). The monoisotopic (exact) mass is 453 g/mol. The van der Waals surface area contributed by atoms with Crippen LogP contribution in [0, 0.1) is 17.8 Å². The standard InChI is InChI=1S/C26H42.C5H9NO/c1-3-5-6-8-22-11-15-24(16-12-22)26-19-17-25(18-20-26)23-13-9-21(7-4-2)10-14-23;1-3-4(2)5(6)7/h9-10,13-14,22,24-26H,3-8,11-12,15-20H2,1-2H3;3H,1-2H3,(H2,6,7)/b;4-3+. The Morgan fingerprint density at radius 3 is 1.91 bits per heavy atom. The van der Waals surface area contributed by atoms with E-state index >= 15 is 0 Å². The first-order valence-corrected chi connectivity index (χ1v) is 14.0. The molecule has 2 heteroatoms. The van der Waals surface area contributed by atoms with Gasteiger partial charge in [-0.15, -0.1) is 0 Å². The minimum Gasteiger partial charge on any atom is -0.366 e. The lowest BCUT2D eigenvalue weighted by Crippen LogP contribution is -2.25. The van der Waals surface area contributed by atoms with E-state index in [1.807, 2.05) is 0 Å². The van der Waals surface area contributed by atoms with E-state index in [1.165, 1.54) is 95.5 Å². The summed E-state index contributed by atoms with van der Waals surface area (Å²) >= 11 is 0. The van der Waals surface area contributed by atoms with E-state index in [4.69, 9.17) is 5.73 Å². The molecule has 2 N–H and O–H groups in total. The summed E-state index contributed by atoms with van der Waals surface area (Å²) in [5, 5.41) is 0. The van der Waals surface area contributed by atoms with Gasteiger partial charge in [0.2, 0.25) is 5.91 Å². The van der Waals surface area contributed by atoms with Crippen molar-refractivity contribution in [1.82, 2.24) is 0 Å². The second kappa shape index (κ2) is 15.4. The lowest BCUT2D eigenvalue weighted by atomic mass is 9.68. The summed E-state index contributed by atoms with van der Waals surface area (Å²) in [7, 11) is 0. The van der Waals surface area contributed by atoms with Crippen molar-refractivity contribution in [1.29, 1.82) is 0 Å². The van der Waals surface area contributed by atoms with Gasteiger partial charge in [-0.05, 0) is 93.6 Å². The number of hydrogen-bond donors (Lipinski definition) is 1. The number of allylic oxidation sites excluding steroid dienone is 1. The summed E-state index contributed by atoms with van der Waals surface area (Å²) in [6, 6.07) is 9.62. The highest BCUT2D eigenvalue weighted by Gasteiger charge is 2.31. The van der Waals surface area contributed by atoms with Gasteiger partial charge in [-0.1, -0.05) is 89.1 Å². The van der Waals surface area contributed by atoms with Crippen LogP contribution in [0.25, 0.3) is 0 Å². The number of carbonyl (C=O) groups excluding carboxylic acids is 1. The van der Waals surface area contributed by atoms with Crippen molar-refractivity contribution in [2.24, 2.45) is 23.5 Å². The van der Waals surface area contributed by atoms with Gasteiger partial charge in [0.1, 0.15) is 0 Å². The van der Waals surface area contributed by atoms with Gasteiger partial charge in [0.25, 0.3) is 0 Å². The number of nitrogens with two attached hydrogens (primary N) is 1. The van der Waals surface area contributed by atoms with E-state index in [2.05, 4.69) is 38.1 Å². The first kappa shape index (κ1) is 27.7. The van der Waals surface area contributed by atoms with Crippen molar-refractivity contribution >= 4 is 5.91 Å². The Bertz CT molecular complexity index is 688. The highest BCUT2D eigenvalue weighted by Crippen LogP contribution is 2.44. The van der Waals surface area contributed by atoms with Crippen molar-refractivity contribution in [3.8, 4) is 0 Å². The molecule has 186 valence electrons. The smallest absolute Gasteiger partial charge is 0.243 e. The summed E-state index contributed by atoms with van der Waals surface area (Å²) in [5.41, 5.74) is 8.58. The van der Waals surface area contributed by atoms with E-state index in [-0.39, 0.29) is 5.91 Å². The molecular weight excluding hydrogens is 402 g/mol. The molecule has 33 heavy (non-hydrogen) atoms. The molecule has 0 spiro atoms. The molecule has 0 radical (unpaired) electrons. The van der Waals surface area contributed by atoms with E-state index in [1.54, 1.807) is 25.5 Å². The van der Waals surface area contributed by atoms with Gasteiger partial charge < -0.3 is 5.73 Å². The summed E-state index contributed by atoms with van der Waals surface area (Å²) < 4.78 is 0. The van der Waals surface area contributed by atoms with Gasteiger partial charge in [0.05, 0.1) is 0 Å². The molecule has 2 fully saturated rings. The van der Waals surface area contributed by atoms with Crippen LogP contribution in [-0.2, 0) is 11.2 Å². The van der Waals surface area contributed by atoms with Crippen molar-refractivity contribution in [2.75, 3.05) is 0 Å². The van der Waals surface area contributed by atoms with Crippen molar-refractivity contribution in [3.05, 3.63) is 47.0 Å². The van der Waals surface area contributed by atoms with Crippen molar-refractivity contribution in [3.63, 3.8) is 0 Å². The number of unbranched alkanes of at least 4 members (excludes halogenated alkanes) is 2. The molecule has 1 amide bonds. The molecule has 2 nitrogen and oxygen atoms in total. The number of aryl methyl sites for hydroxylation is 1. The Morgan fingerprint density at radius 1 is 0.879 bits per heavy atom. The highest BCUT2D eigenvalue weighted by molar-refractivity contribution is 5.91. The first-order valence-electron chi connectivity index (χ1n) is 14.0. The van der Waals surface area contributed by atoms with E-state index in [0.717, 1.165) is 23.7 Å². The van der Waals surface area contributed by atoms with Gasteiger partial charge in [0.15, 0.2) is 0 Å². The number of primary amides is 1. The molecule has 0 aliphatic heterocycles. The van der Waals surface area contributed by atoms with E-state index < -0.39 is 0 Å². The van der Waals surface area contributed by atoms with Crippen LogP contribution in [0.1, 0.15) is 128 Å². The average molecular weight is 454 g/mol. The molecule has 0 unspecified atom stereocenters. The predicted molar refractivity (Wildman–Crippen MR) is 143 cm³/mol. The summed E-state index contributed by atoms with van der Waals surface area (Å²) in [5.74, 6) is 3.66. The molecular formula is C31H51NO. The minimum atomic E-state index is -0.345. The third kappa shape index (κ3) is 9.67. The topological polar surface area (TPSA) is 43.1 Å². The SMILES string of the molecule is C/C=C(\C)C(N)=O.CCCCCC1CCC(C2CCC(c3ccc(CCC)cc3)CC2)CC1. The van der Waals surface area contributed by atoms with E-state index in [0.29, 0.717) is 5.57 Å². The Balaban J connectivity index is 0.000000479. The van der Waals surface area contributed by atoms with Gasteiger partial charge in [0, 0.05) is 5.57 Å². The first-order chi connectivity index (χ1) is 16.0. The van der Waals surface area contributed by atoms with Gasteiger partial charge >= 0.3 is 0 Å². The average Bonchev–Trinajstić information content (AvgIpc) is 2.85. The van der Waals surface area contributed by atoms with Crippen LogP contribution in [-0.4, -0.2) is 5.91 Å². The zero-order chi connectivity index (χ0) is 24.1. The molecule has 0 aromatic heterocycles. The maximum atomic E-state index is 10.1. The van der Waals surface area contributed by atoms with Gasteiger partial charge in [-0.2, -0.15) is 0 Å². The van der Waals surface area contributed by atoms with Crippen LogP contribution >= 0.6 is 0 Å². The predicted octanol–water partition coefficient (Wildman–Crippen LogP) is 8.74. The molecule has 2 saturated carbocycles. The van der Waals surface area contributed by atoms with Crippen LogP contribution in [0.4, 0.5) is 0 Å². The fourth-order valence-electron chi connectivity index (χ4n) is 5.94. The Morgan fingerprint density at radius 2 is 1.45 bits per heavy atom. The molecule has 0 atom stereocenters. The molecule has 2 aliphatic rings. The van der Waals surface area contributed by atoms with Crippen LogP contribution in [0.15, 0.2) is 35.9 Å². The quantitative estimate of drug-likeness (QED) is 0.295. The number of amides is 1. The van der Waals surface area contributed by atoms with Crippen LogP contribution < -0.4 is 5.73 Å². The zero-order valence-corrected chi connectivity index (χ0v) is 22.1. The zero-order valence-electron chi connectivity index (χ0n) is 22.1. The number of hydrogen-bond acceptors (Lipinski definition) is 1. The summed E-state index contributed by atoms with van der Waals surface area (Å²) in [4.78, 5) is 10.1.